The maximum Gasteiger partial charge on any atom is 0.352 e. The molecule has 0 amide bonds. The summed E-state index contributed by atoms with van der Waals surface area (Å²) in [7, 11) is -3.82. The number of aryl methyl sites for hydroxylation is 1. The molecule has 0 spiro atoms. The third-order valence-corrected chi connectivity index (χ3v) is 7.43. The number of hydrogen-bond acceptors (Lipinski definition) is 6. The van der Waals surface area contributed by atoms with E-state index in [1.54, 1.807) is 24.3 Å². The first-order chi connectivity index (χ1) is 14.7. The third-order valence-electron chi connectivity index (χ3n) is 4.55. The third kappa shape index (κ3) is 4.43. The van der Waals surface area contributed by atoms with Gasteiger partial charge in [0.1, 0.15) is 11.9 Å². The van der Waals surface area contributed by atoms with Crippen LogP contribution in [0, 0.1) is 17.0 Å². The molecule has 0 radical (unpaired) electrons. The second-order valence-electron chi connectivity index (χ2n) is 6.84. The molecule has 2 aromatic heterocycles. The Bertz CT molecular complexity index is 1390. The van der Waals surface area contributed by atoms with Crippen molar-refractivity contribution in [2.24, 2.45) is 0 Å². The number of imidazole rings is 1. The molecule has 0 unspecified atom stereocenters. The zero-order chi connectivity index (χ0) is 22.2. The van der Waals surface area contributed by atoms with Crippen LogP contribution in [0.2, 0.25) is 5.02 Å². The standard InChI is InChI=1S/C21H16ClN3O4S2/c1-14-7-9-16(10-8-14)30-19-11-15(22)12-24-20(19)23-18(21(24)25(26)27)13-31(28,29)17-5-3-2-4-6-17/h2-12H,13H2,1H3. The van der Waals surface area contributed by atoms with Gasteiger partial charge in [-0.05, 0) is 42.2 Å². The van der Waals surface area contributed by atoms with Crippen molar-refractivity contribution < 1.29 is 13.3 Å². The molecule has 0 aliphatic heterocycles. The smallest absolute Gasteiger partial charge is 0.352 e. The fourth-order valence-corrected chi connectivity index (χ4v) is 5.62. The SMILES string of the molecule is Cc1ccc(Sc2cc(Cl)cn3c([N+](=O)[O-])c(CS(=O)(=O)c4ccccc4)nc23)cc1. The van der Waals surface area contributed by atoms with E-state index in [4.69, 9.17) is 11.6 Å². The summed E-state index contributed by atoms with van der Waals surface area (Å²) in [6, 6.07) is 17.2. The average Bonchev–Trinajstić information content (AvgIpc) is 3.07. The molecule has 7 nitrogen and oxygen atoms in total. The van der Waals surface area contributed by atoms with Gasteiger partial charge in [-0.15, -0.1) is 0 Å². The normalized spacial score (nSPS) is 11.7. The summed E-state index contributed by atoms with van der Waals surface area (Å²) in [5, 5.41) is 12.1. The summed E-state index contributed by atoms with van der Waals surface area (Å²) in [6.45, 7) is 1.98. The van der Waals surface area contributed by atoms with Crippen LogP contribution in [0.25, 0.3) is 5.65 Å². The molecule has 10 heteroatoms. The van der Waals surface area contributed by atoms with E-state index in [1.165, 1.54) is 34.5 Å². The van der Waals surface area contributed by atoms with Crippen molar-refractivity contribution in [3.8, 4) is 0 Å². The van der Waals surface area contributed by atoms with Gasteiger partial charge in [-0.2, -0.15) is 4.40 Å². The van der Waals surface area contributed by atoms with Crippen molar-refractivity contribution in [2.75, 3.05) is 0 Å². The topological polar surface area (TPSA) is 94.6 Å². The lowest BCUT2D eigenvalue weighted by Gasteiger charge is -2.03. The van der Waals surface area contributed by atoms with Crippen LogP contribution < -0.4 is 0 Å². The number of rotatable bonds is 6. The largest absolute Gasteiger partial charge is 0.358 e. The number of nitro groups is 1. The van der Waals surface area contributed by atoms with Gasteiger partial charge in [-0.3, -0.25) is 0 Å². The van der Waals surface area contributed by atoms with E-state index in [0.29, 0.717) is 4.90 Å². The molecular weight excluding hydrogens is 458 g/mol. The summed E-state index contributed by atoms with van der Waals surface area (Å²) in [6.07, 6.45) is 1.37. The predicted octanol–water partition coefficient (Wildman–Crippen LogP) is 5.33. The minimum Gasteiger partial charge on any atom is -0.358 e. The molecule has 0 bridgehead atoms. The van der Waals surface area contributed by atoms with Crippen molar-refractivity contribution in [1.82, 2.24) is 9.38 Å². The Morgan fingerprint density at radius 2 is 1.81 bits per heavy atom. The summed E-state index contributed by atoms with van der Waals surface area (Å²) < 4.78 is 26.9. The number of sulfone groups is 1. The first kappa shape index (κ1) is 21.4. The lowest BCUT2D eigenvalue weighted by atomic mass is 10.2. The number of benzene rings is 2. The Morgan fingerprint density at radius 3 is 2.45 bits per heavy atom. The Morgan fingerprint density at radius 1 is 1.13 bits per heavy atom. The van der Waals surface area contributed by atoms with Crippen molar-refractivity contribution >= 4 is 44.7 Å². The first-order valence-electron chi connectivity index (χ1n) is 9.12. The van der Waals surface area contributed by atoms with Gasteiger partial charge >= 0.3 is 5.82 Å². The summed E-state index contributed by atoms with van der Waals surface area (Å²) in [4.78, 5) is 17.1. The second-order valence-corrected chi connectivity index (χ2v) is 10.4. The predicted molar refractivity (Wildman–Crippen MR) is 119 cm³/mol. The molecule has 0 saturated carbocycles. The number of hydrogen-bond donors (Lipinski definition) is 0. The summed E-state index contributed by atoms with van der Waals surface area (Å²) in [5.74, 6) is -1.01. The van der Waals surface area contributed by atoms with Crippen LogP contribution in [0.4, 0.5) is 5.82 Å². The van der Waals surface area contributed by atoms with Gasteiger partial charge in [0.05, 0.1) is 14.8 Å². The molecule has 2 aromatic carbocycles. The van der Waals surface area contributed by atoms with Gasteiger partial charge in [-0.1, -0.05) is 59.3 Å². The van der Waals surface area contributed by atoms with E-state index in [0.717, 1.165) is 10.5 Å². The van der Waals surface area contributed by atoms with E-state index in [2.05, 4.69) is 4.98 Å². The number of pyridine rings is 1. The molecule has 4 rings (SSSR count). The lowest BCUT2D eigenvalue weighted by molar-refractivity contribution is -0.391. The highest BCUT2D eigenvalue weighted by atomic mass is 35.5. The molecular formula is C21H16ClN3O4S2. The highest BCUT2D eigenvalue weighted by Gasteiger charge is 2.29. The Labute approximate surface area is 187 Å². The van der Waals surface area contributed by atoms with Crippen LogP contribution in [0.3, 0.4) is 0 Å². The van der Waals surface area contributed by atoms with E-state index in [9.17, 15) is 18.5 Å². The van der Waals surface area contributed by atoms with E-state index in [-0.39, 0.29) is 21.3 Å². The minimum atomic E-state index is -3.82. The van der Waals surface area contributed by atoms with E-state index < -0.39 is 26.3 Å². The minimum absolute atomic E-state index is 0.0774. The van der Waals surface area contributed by atoms with Gasteiger partial charge < -0.3 is 10.1 Å². The fraction of sp³-hybridized carbons (Fsp3) is 0.0952. The molecule has 0 N–H and O–H groups in total. The molecule has 0 atom stereocenters. The van der Waals surface area contributed by atoms with Crippen LogP contribution in [0.5, 0.6) is 0 Å². The molecule has 158 valence electrons. The Kier molecular flexibility index (Phi) is 5.74. The molecule has 31 heavy (non-hydrogen) atoms. The van der Waals surface area contributed by atoms with Gasteiger partial charge in [0.25, 0.3) is 0 Å². The number of fused-ring (bicyclic) bond motifs is 1. The van der Waals surface area contributed by atoms with Crippen LogP contribution >= 0.6 is 23.4 Å². The average molecular weight is 474 g/mol. The maximum absolute atomic E-state index is 12.8. The Balaban J connectivity index is 1.84. The van der Waals surface area contributed by atoms with Gasteiger partial charge in [0.15, 0.2) is 15.5 Å². The van der Waals surface area contributed by atoms with E-state index >= 15 is 0 Å². The van der Waals surface area contributed by atoms with Crippen molar-refractivity contribution in [1.29, 1.82) is 0 Å². The molecule has 2 heterocycles. The van der Waals surface area contributed by atoms with Gasteiger partial charge in [0.2, 0.25) is 5.65 Å². The lowest BCUT2D eigenvalue weighted by Crippen LogP contribution is -2.07. The highest BCUT2D eigenvalue weighted by Crippen LogP contribution is 2.36. The Hall–Kier alpha value is -2.88. The number of halogens is 1. The maximum atomic E-state index is 12.8. The highest BCUT2D eigenvalue weighted by molar-refractivity contribution is 7.99. The molecule has 0 aliphatic rings. The summed E-state index contributed by atoms with van der Waals surface area (Å²) >= 11 is 7.58. The van der Waals surface area contributed by atoms with E-state index in [1.807, 2.05) is 31.2 Å². The van der Waals surface area contributed by atoms with Crippen LogP contribution in [-0.4, -0.2) is 22.7 Å². The summed E-state index contributed by atoms with van der Waals surface area (Å²) in [5.41, 5.74) is 1.24. The molecule has 0 fully saturated rings. The van der Waals surface area contributed by atoms with Gasteiger partial charge in [-0.25, -0.2) is 13.4 Å². The monoisotopic (exact) mass is 473 g/mol. The van der Waals surface area contributed by atoms with Crippen LogP contribution in [0.15, 0.2) is 81.5 Å². The molecule has 0 aliphatic carbocycles. The zero-order valence-corrected chi connectivity index (χ0v) is 18.6. The quantitative estimate of drug-likeness (QED) is 0.277. The van der Waals surface area contributed by atoms with Crippen molar-refractivity contribution in [3.05, 3.63) is 93.3 Å². The molecule has 0 saturated heterocycles. The molecule has 4 aromatic rings. The van der Waals surface area contributed by atoms with Crippen molar-refractivity contribution in [2.45, 2.75) is 27.4 Å². The fourth-order valence-electron chi connectivity index (χ4n) is 3.11. The van der Waals surface area contributed by atoms with Crippen LogP contribution in [-0.2, 0) is 15.6 Å². The van der Waals surface area contributed by atoms with Crippen LogP contribution in [0.1, 0.15) is 11.3 Å². The number of aromatic nitrogens is 2. The van der Waals surface area contributed by atoms with Gasteiger partial charge in [0, 0.05) is 4.90 Å². The number of nitrogens with zero attached hydrogens (tertiary/aromatic N) is 3. The van der Waals surface area contributed by atoms with Crippen molar-refractivity contribution in [3.63, 3.8) is 0 Å². The zero-order valence-electron chi connectivity index (χ0n) is 16.2. The first-order valence-corrected chi connectivity index (χ1v) is 12.0. The second kappa shape index (κ2) is 8.33.